The van der Waals surface area contributed by atoms with Crippen LogP contribution in [0.15, 0.2) is 22.9 Å². The monoisotopic (exact) mass is 340 g/mol. The molecule has 0 radical (unpaired) electrons. The van der Waals surface area contributed by atoms with Crippen molar-refractivity contribution in [1.82, 2.24) is 9.88 Å². The molecule has 0 unspecified atom stereocenters. The number of aromatic nitrogens is 1. The quantitative estimate of drug-likeness (QED) is 0.623. The fraction of sp³-hybridized carbons (Fsp3) is 0.500. The summed E-state index contributed by atoms with van der Waals surface area (Å²) in [7, 11) is 1.34. The number of pyridine rings is 1. The van der Waals surface area contributed by atoms with Gasteiger partial charge in [-0.05, 0) is 40.9 Å². The van der Waals surface area contributed by atoms with Crippen molar-refractivity contribution in [1.29, 1.82) is 0 Å². The average molecular weight is 341 g/mol. The standard InChI is InChI=1S/C14H17BrN2O3/c1-20-13(18)9-17(11-4-2-3-5-11)14(19)10-6-7-16-12(15)8-10/h6-8,11H,2-5,9H2,1H3. The smallest absolute Gasteiger partial charge is 0.325 e. The number of amides is 1. The zero-order valence-corrected chi connectivity index (χ0v) is 12.9. The van der Waals surface area contributed by atoms with Crippen LogP contribution in [0.2, 0.25) is 0 Å². The summed E-state index contributed by atoms with van der Waals surface area (Å²) < 4.78 is 5.30. The molecule has 0 saturated heterocycles. The van der Waals surface area contributed by atoms with Crippen molar-refractivity contribution >= 4 is 27.8 Å². The van der Waals surface area contributed by atoms with Gasteiger partial charge in [-0.25, -0.2) is 4.98 Å². The van der Waals surface area contributed by atoms with Crippen LogP contribution in [0.3, 0.4) is 0 Å². The van der Waals surface area contributed by atoms with E-state index in [9.17, 15) is 9.59 Å². The zero-order valence-electron chi connectivity index (χ0n) is 11.3. The third-order valence-corrected chi connectivity index (χ3v) is 3.96. The van der Waals surface area contributed by atoms with Crippen molar-refractivity contribution in [2.75, 3.05) is 13.7 Å². The second-order valence-electron chi connectivity index (χ2n) is 4.81. The second kappa shape index (κ2) is 6.83. The van der Waals surface area contributed by atoms with Crippen LogP contribution in [0.1, 0.15) is 36.0 Å². The van der Waals surface area contributed by atoms with Gasteiger partial charge in [-0.2, -0.15) is 0 Å². The van der Waals surface area contributed by atoms with E-state index in [0.29, 0.717) is 10.2 Å². The number of hydrogen-bond donors (Lipinski definition) is 0. The summed E-state index contributed by atoms with van der Waals surface area (Å²) in [6.45, 7) is -0.0000576. The molecule has 1 amide bonds. The lowest BCUT2D eigenvalue weighted by Gasteiger charge is -2.28. The zero-order chi connectivity index (χ0) is 14.5. The Morgan fingerprint density at radius 2 is 2.15 bits per heavy atom. The van der Waals surface area contributed by atoms with Gasteiger partial charge in [-0.1, -0.05) is 12.8 Å². The molecule has 0 atom stereocenters. The molecule has 2 rings (SSSR count). The minimum Gasteiger partial charge on any atom is -0.468 e. The van der Waals surface area contributed by atoms with E-state index < -0.39 is 5.97 Å². The van der Waals surface area contributed by atoms with Crippen molar-refractivity contribution in [3.05, 3.63) is 28.5 Å². The lowest BCUT2D eigenvalue weighted by molar-refractivity contribution is -0.141. The molecule has 0 bridgehead atoms. The lowest BCUT2D eigenvalue weighted by Crippen LogP contribution is -2.42. The van der Waals surface area contributed by atoms with Gasteiger partial charge >= 0.3 is 5.97 Å². The van der Waals surface area contributed by atoms with Crippen LogP contribution < -0.4 is 0 Å². The third kappa shape index (κ3) is 3.56. The molecular formula is C14H17BrN2O3. The summed E-state index contributed by atoms with van der Waals surface area (Å²) >= 11 is 3.25. The average Bonchev–Trinajstić information content (AvgIpc) is 2.97. The molecule has 0 N–H and O–H groups in total. The van der Waals surface area contributed by atoms with Crippen LogP contribution in [0, 0.1) is 0 Å². The number of rotatable bonds is 4. The Morgan fingerprint density at radius 1 is 1.45 bits per heavy atom. The molecule has 20 heavy (non-hydrogen) atoms. The Labute approximate surface area is 126 Å². The minimum atomic E-state index is -0.390. The predicted octanol–water partition coefficient (Wildman–Crippen LogP) is 2.40. The van der Waals surface area contributed by atoms with Crippen LogP contribution in [-0.4, -0.2) is 41.5 Å². The molecule has 0 spiro atoms. The number of carbonyl (C=O) groups excluding carboxylic acids is 2. The molecule has 1 saturated carbocycles. The second-order valence-corrected chi connectivity index (χ2v) is 5.63. The van der Waals surface area contributed by atoms with Gasteiger partial charge in [0, 0.05) is 17.8 Å². The topological polar surface area (TPSA) is 59.5 Å². The van der Waals surface area contributed by atoms with E-state index >= 15 is 0 Å². The van der Waals surface area contributed by atoms with Gasteiger partial charge in [-0.15, -0.1) is 0 Å². The molecule has 0 aliphatic heterocycles. The number of hydrogen-bond acceptors (Lipinski definition) is 4. The van der Waals surface area contributed by atoms with Gasteiger partial charge in [0.1, 0.15) is 11.1 Å². The molecule has 0 aromatic carbocycles. The normalized spacial score (nSPS) is 15.1. The maximum Gasteiger partial charge on any atom is 0.325 e. The first kappa shape index (κ1) is 15.0. The van der Waals surface area contributed by atoms with Gasteiger partial charge < -0.3 is 9.64 Å². The SMILES string of the molecule is COC(=O)CN(C(=O)c1ccnc(Br)c1)C1CCCC1. The maximum absolute atomic E-state index is 12.6. The highest BCUT2D eigenvalue weighted by atomic mass is 79.9. The predicted molar refractivity (Wildman–Crippen MR) is 77.2 cm³/mol. The molecule has 1 fully saturated rings. The minimum absolute atomic E-state index is 0.0000576. The molecule has 5 nitrogen and oxygen atoms in total. The number of esters is 1. The lowest BCUT2D eigenvalue weighted by atomic mass is 10.1. The first-order valence-electron chi connectivity index (χ1n) is 6.61. The highest BCUT2D eigenvalue weighted by Crippen LogP contribution is 2.25. The number of nitrogens with zero attached hydrogens (tertiary/aromatic N) is 2. The van der Waals surface area contributed by atoms with Crippen LogP contribution in [0.4, 0.5) is 0 Å². The van der Waals surface area contributed by atoms with Crippen molar-refractivity contribution in [3.63, 3.8) is 0 Å². The number of methoxy groups -OCH3 is 1. The van der Waals surface area contributed by atoms with Crippen molar-refractivity contribution in [2.24, 2.45) is 0 Å². The molecule has 1 aliphatic carbocycles. The molecular weight excluding hydrogens is 324 g/mol. The Kier molecular flexibility index (Phi) is 5.11. The molecule has 1 aromatic rings. The van der Waals surface area contributed by atoms with E-state index in [-0.39, 0.29) is 18.5 Å². The van der Waals surface area contributed by atoms with Gasteiger partial charge in [0.05, 0.1) is 7.11 Å². The van der Waals surface area contributed by atoms with Crippen LogP contribution in [0.25, 0.3) is 0 Å². The van der Waals surface area contributed by atoms with Crippen molar-refractivity contribution < 1.29 is 14.3 Å². The molecule has 6 heteroatoms. The fourth-order valence-electron chi connectivity index (χ4n) is 2.49. The summed E-state index contributed by atoms with van der Waals surface area (Å²) in [5.41, 5.74) is 0.530. The fourth-order valence-corrected chi connectivity index (χ4v) is 2.85. The van der Waals surface area contributed by atoms with E-state index in [1.165, 1.54) is 7.11 Å². The molecule has 1 aliphatic rings. The highest BCUT2D eigenvalue weighted by molar-refractivity contribution is 9.10. The summed E-state index contributed by atoms with van der Waals surface area (Å²) in [6, 6.07) is 3.45. The van der Waals surface area contributed by atoms with Crippen molar-refractivity contribution in [3.8, 4) is 0 Å². The van der Waals surface area contributed by atoms with Crippen molar-refractivity contribution in [2.45, 2.75) is 31.7 Å². The molecule has 108 valence electrons. The summed E-state index contributed by atoms with van der Waals surface area (Å²) in [4.78, 5) is 29.8. The summed E-state index contributed by atoms with van der Waals surface area (Å²) in [5, 5.41) is 0. The van der Waals surface area contributed by atoms with Crippen LogP contribution in [0.5, 0.6) is 0 Å². The van der Waals surface area contributed by atoms with E-state index in [1.807, 2.05) is 0 Å². The first-order valence-corrected chi connectivity index (χ1v) is 7.40. The molecule has 1 aromatic heterocycles. The van der Waals surface area contributed by atoms with E-state index in [1.54, 1.807) is 23.2 Å². The highest BCUT2D eigenvalue weighted by Gasteiger charge is 2.29. The third-order valence-electron chi connectivity index (χ3n) is 3.53. The largest absolute Gasteiger partial charge is 0.468 e. The van der Waals surface area contributed by atoms with Crippen LogP contribution in [-0.2, 0) is 9.53 Å². The van der Waals surface area contributed by atoms with E-state index in [2.05, 4.69) is 20.9 Å². The Morgan fingerprint density at radius 3 is 2.75 bits per heavy atom. The Bertz CT molecular complexity index is 501. The Balaban J connectivity index is 2.20. The van der Waals surface area contributed by atoms with E-state index in [4.69, 9.17) is 4.74 Å². The molecule has 1 heterocycles. The Hall–Kier alpha value is -1.43. The van der Waals surface area contributed by atoms with Gasteiger partial charge in [0.2, 0.25) is 0 Å². The summed E-state index contributed by atoms with van der Waals surface area (Å²) in [6.07, 6.45) is 5.64. The van der Waals surface area contributed by atoms with Gasteiger partial charge in [0.15, 0.2) is 0 Å². The number of halogens is 1. The van der Waals surface area contributed by atoms with Gasteiger partial charge in [0.25, 0.3) is 5.91 Å². The maximum atomic E-state index is 12.6. The van der Waals surface area contributed by atoms with Gasteiger partial charge in [-0.3, -0.25) is 9.59 Å². The van der Waals surface area contributed by atoms with E-state index in [0.717, 1.165) is 25.7 Å². The number of ether oxygens (including phenoxy) is 1. The van der Waals surface area contributed by atoms with Crippen LogP contribution >= 0.6 is 15.9 Å². The first-order chi connectivity index (χ1) is 9.61. The number of carbonyl (C=O) groups is 2. The summed E-state index contributed by atoms with van der Waals surface area (Å²) in [5.74, 6) is -0.538.